The van der Waals surface area contributed by atoms with Crippen molar-refractivity contribution in [3.8, 4) is 11.5 Å². The highest BCUT2D eigenvalue weighted by atomic mass is 35.5. The fraction of sp³-hybridized carbons (Fsp3) is 0.350. The minimum Gasteiger partial charge on any atom is -0.497 e. The average molecular weight is 379 g/mol. The van der Waals surface area contributed by atoms with Gasteiger partial charge in [0.1, 0.15) is 11.5 Å². The number of nitrogens with two attached hydrogens (primary N) is 1. The smallest absolute Gasteiger partial charge is 0.224 e. The molecule has 2 unspecified atom stereocenters. The summed E-state index contributed by atoms with van der Waals surface area (Å²) < 4.78 is 10.7. The van der Waals surface area contributed by atoms with Gasteiger partial charge < -0.3 is 20.5 Å². The van der Waals surface area contributed by atoms with E-state index in [0.717, 1.165) is 23.5 Å². The molecule has 1 amide bonds. The van der Waals surface area contributed by atoms with Crippen LogP contribution in [0.15, 0.2) is 54.6 Å². The molecule has 0 spiro atoms. The molecule has 0 saturated carbocycles. The SMILES string of the molecule is COc1ccc(OCCCNC(=O)C(C)C(N)c2ccccc2)cc1.Cl. The molecule has 26 heavy (non-hydrogen) atoms. The van der Waals surface area contributed by atoms with Gasteiger partial charge in [-0.15, -0.1) is 12.4 Å². The van der Waals surface area contributed by atoms with E-state index in [-0.39, 0.29) is 30.3 Å². The van der Waals surface area contributed by atoms with Crippen molar-refractivity contribution in [3.63, 3.8) is 0 Å². The van der Waals surface area contributed by atoms with Gasteiger partial charge >= 0.3 is 0 Å². The lowest BCUT2D eigenvalue weighted by Gasteiger charge is -2.19. The highest BCUT2D eigenvalue weighted by molar-refractivity contribution is 5.85. The maximum atomic E-state index is 12.2. The molecule has 0 fully saturated rings. The Bertz CT molecular complexity index is 650. The zero-order valence-electron chi connectivity index (χ0n) is 15.2. The van der Waals surface area contributed by atoms with Gasteiger partial charge in [0.15, 0.2) is 0 Å². The van der Waals surface area contributed by atoms with E-state index in [1.807, 2.05) is 61.5 Å². The molecule has 0 saturated heterocycles. The molecular weight excluding hydrogens is 352 g/mol. The van der Waals surface area contributed by atoms with E-state index in [4.69, 9.17) is 15.2 Å². The van der Waals surface area contributed by atoms with Gasteiger partial charge in [-0.2, -0.15) is 0 Å². The lowest BCUT2D eigenvalue weighted by atomic mass is 9.95. The summed E-state index contributed by atoms with van der Waals surface area (Å²) in [6.45, 7) is 2.94. The maximum Gasteiger partial charge on any atom is 0.224 e. The summed E-state index contributed by atoms with van der Waals surface area (Å²) in [5, 5.41) is 2.92. The van der Waals surface area contributed by atoms with Gasteiger partial charge in [-0.05, 0) is 36.2 Å². The van der Waals surface area contributed by atoms with E-state index < -0.39 is 0 Å². The van der Waals surface area contributed by atoms with Gasteiger partial charge in [0.25, 0.3) is 0 Å². The Morgan fingerprint density at radius 3 is 2.31 bits per heavy atom. The lowest BCUT2D eigenvalue weighted by molar-refractivity contribution is -0.125. The minimum absolute atomic E-state index is 0. The number of rotatable bonds is 9. The zero-order valence-corrected chi connectivity index (χ0v) is 16.0. The molecule has 2 atom stereocenters. The third kappa shape index (κ3) is 6.58. The van der Waals surface area contributed by atoms with Crippen molar-refractivity contribution < 1.29 is 14.3 Å². The second-order valence-corrected chi connectivity index (χ2v) is 5.89. The van der Waals surface area contributed by atoms with Crippen molar-refractivity contribution >= 4 is 18.3 Å². The Balaban J connectivity index is 0.00000338. The van der Waals surface area contributed by atoms with Gasteiger partial charge in [0.05, 0.1) is 19.6 Å². The number of methoxy groups -OCH3 is 1. The zero-order chi connectivity index (χ0) is 18.1. The second kappa shape index (κ2) is 11.4. The third-order valence-corrected chi connectivity index (χ3v) is 4.09. The van der Waals surface area contributed by atoms with Crippen LogP contribution in [0.5, 0.6) is 11.5 Å². The normalized spacial score (nSPS) is 12.4. The molecule has 3 N–H and O–H groups in total. The molecule has 0 bridgehead atoms. The average Bonchev–Trinajstić information content (AvgIpc) is 2.67. The first-order valence-electron chi connectivity index (χ1n) is 8.47. The Kier molecular flexibility index (Phi) is 9.55. The molecule has 2 aromatic carbocycles. The molecule has 0 aromatic heterocycles. The Morgan fingerprint density at radius 1 is 1.08 bits per heavy atom. The van der Waals surface area contributed by atoms with E-state index in [9.17, 15) is 4.79 Å². The number of ether oxygens (including phenoxy) is 2. The summed E-state index contributed by atoms with van der Waals surface area (Å²) in [4.78, 5) is 12.2. The predicted molar refractivity (Wildman–Crippen MR) is 106 cm³/mol. The summed E-state index contributed by atoms with van der Waals surface area (Å²) >= 11 is 0. The van der Waals surface area contributed by atoms with Crippen LogP contribution in [-0.4, -0.2) is 26.2 Å². The van der Waals surface area contributed by atoms with Crippen LogP contribution in [0.3, 0.4) is 0 Å². The summed E-state index contributed by atoms with van der Waals surface area (Å²) in [6, 6.07) is 16.8. The molecule has 2 aromatic rings. The molecule has 2 rings (SSSR count). The third-order valence-electron chi connectivity index (χ3n) is 4.09. The minimum atomic E-state index is -0.309. The Hall–Kier alpha value is -2.24. The highest BCUT2D eigenvalue weighted by Gasteiger charge is 2.21. The van der Waals surface area contributed by atoms with Crippen LogP contribution in [0.25, 0.3) is 0 Å². The van der Waals surface area contributed by atoms with Crippen LogP contribution in [0.1, 0.15) is 24.9 Å². The molecule has 0 heterocycles. The van der Waals surface area contributed by atoms with E-state index >= 15 is 0 Å². The predicted octanol–water partition coefficient (Wildman–Crippen LogP) is 3.34. The van der Waals surface area contributed by atoms with Crippen molar-refractivity contribution in [2.24, 2.45) is 11.7 Å². The number of hydrogen-bond acceptors (Lipinski definition) is 4. The first-order chi connectivity index (χ1) is 12.1. The Morgan fingerprint density at radius 2 is 1.69 bits per heavy atom. The molecule has 0 radical (unpaired) electrons. The highest BCUT2D eigenvalue weighted by Crippen LogP contribution is 2.19. The number of halogens is 1. The first kappa shape index (κ1) is 21.8. The lowest BCUT2D eigenvalue weighted by Crippen LogP contribution is -2.36. The number of hydrogen-bond donors (Lipinski definition) is 2. The second-order valence-electron chi connectivity index (χ2n) is 5.89. The molecule has 6 heteroatoms. The number of benzene rings is 2. The van der Waals surface area contributed by atoms with Gasteiger partial charge in [-0.3, -0.25) is 4.79 Å². The van der Waals surface area contributed by atoms with Crippen molar-refractivity contribution in [1.29, 1.82) is 0 Å². The first-order valence-corrected chi connectivity index (χ1v) is 8.47. The van der Waals surface area contributed by atoms with E-state index in [2.05, 4.69) is 5.32 Å². The van der Waals surface area contributed by atoms with Crippen molar-refractivity contribution in [2.45, 2.75) is 19.4 Å². The number of amides is 1. The fourth-order valence-corrected chi connectivity index (χ4v) is 2.43. The maximum absolute atomic E-state index is 12.2. The van der Waals surface area contributed by atoms with Gasteiger partial charge in [0, 0.05) is 12.6 Å². The topological polar surface area (TPSA) is 73.6 Å². The van der Waals surface area contributed by atoms with Crippen molar-refractivity contribution in [2.75, 3.05) is 20.3 Å². The standard InChI is InChI=1S/C20H26N2O3.ClH/c1-15(19(21)16-7-4-3-5-8-16)20(23)22-13-6-14-25-18-11-9-17(24-2)10-12-18;/h3-5,7-12,15,19H,6,13-14,21H2,1-2H3,(H,22,23);1H. The van der Waals surface area contributed by atoms with Gasteiger partial charge in [0.2, 0.25) is 5.91 Å². The molecular formula is C20H27ClN2O3. The number of carbonyl (C=O) groups excluding carboxylic acids is 1. The van der Waals surface area contributed by atoms with Crippen molar-refractivity contribution in [1.82, 2.24) is 5.32 Å². The van der Waals surface area contributed by atoms with Crippen LogP contribution in [0.2, 0.25) is 0 Å². The molecule has 0 aliphatic heterocycles. The summed E-state index contributed by atoms with van der Waals surface area (Å²) in [7, 11) is 1.63. The van der Waals surface area contributed by atoms with Crippen LogP contribution in [-0.2, 0) is 4.79 Å². The van der Waals surface area contributed by atoms with Gasteiger partial charge in [-0.1, -0.05) is 37.3 Å². The van der Waals surface area contributed by atoms with Crippen LogP contribution in [0.4, 0.5) is 0 Å². The van der Waals surface area contributed by atoms with E-state index in [1.54, 1.807) is 7.11 Å². The molecule has 0 aliphatic rings. The number of nitrogens with one attached hydrogen (secondary N) is 1. The monoisotopic (exact) mass is 378 g/mol. The molecule has 5 nitrogen and oxygen atoms in total. The van der Waals surface area contributed by atoms with Gasteiger partial charge in [-0.25, -0.2) is 0 Å². The fourth-order valence-electron chi connectivity index (χ4n) is 2.43. The summed E-state index contributed by atoms with van der Waals surface area (Å²) in [5.74, 6) is 1.25. The van der Waals surface area contributed by atoms with Crippen LogP contribution < -0.4 is 20.5 Å². The molecule has 142 valence electrons. The van der Waals surface area contributed by atoms with Crippen LogP contribution >= 0.6 is 12.4 Å². The van der Waals surface area contributed by atoms with Crippen molar-refractivity contribution in [3.05, 3.63) is 60.2 Å². The largest absolute Gasteiger partial charge is 0.497 e. The quantitative estimate of drug-likeness (QED) is 0.656. The van der Waals surface area contributed by atoms with E-state index in [0.29, 0.717) is 13.2 Å². The summed E-state index contributed by atoms with van der Waals surface area (Å²) in [6.07, 6.45) is 0.727. The van der Waals surface area contributed by atoms with Crippen LogP contribution in [0, 0.1) is 5.92 Å². The van der Waals surface area contributed by atoms with E-state index in [1.165, 1.54) is 0 Å². The number of carbonyl (C=O) groups is 1. The molecule has 0 aliphatic carbocycles. The Labute approximate surface area is 161 Å². The summed E-state index contributed by atoms with van der Waals surface area (Å²) in [5.41, 5.74) is 7.14.